The maximum absolute atomic E-state index is 11.4. The topological polar surface area (TPSA) is 29.1 Å². The van der Waals surface area contributed by atoms with Gasteiger partial charge >= 0.3 is 0 Å². The van der Waals surface area contributed by atoms with E-state index in [1.54, 1.807) is 6.92 Å². The standard InChI is InChI=1S/C11H20ClNO/c1-7-5-4-6-10(8(7)2)13-11(14)9(3)12/h7-10H,4-6H2,1-3H3,(H,13,14)/t7-,8+,9+,10+/m1/s1. The molecule has 0 bridgehead atoms. The van der Waals surface area contributed by atoms with Crippen LogP contribution >= 0.6 is 11.6 Å². The van der Waals surface area contributed by atoms with E-state index in [4.69, 9.17) is 11.6 Å². The Balaban J connectivity index is 2.47. The predicted molar refractivity (Wildman–Crippen MR) is 59.4 cm³/mol. The average molecular weight is 218 g/mol. The molecule has 0 saturated heterocycles. The molecular weight excluding hydrogens is 198 g/mol. The van der Waals surface area contributed by atoms with E-state index in [1.807, 2.05) is 0 Å². The first-order chi connectivity index (χ1) is 6.52. The average Bonchev–Trinajstić information content (AvgIpc) is 2.12. The van der Waals surface area contributed by atoms with E-state index in [-0.39, 0.29) is 5.91 Å². The number of hydrogen-bond acceptors (Lipinski definition) is 1. The van der Waals surface area contributed by atoms with Gasteiger partial charge in [0.1, 0.15) is 5.38 Å². The Hall–Kier alpha value is -0.240. The molecule has 82 valence electrons. The molecule has 4 atom stereocenters. The van der Waals surface area contributed by atoms with E-state index in [1.165, 1.54) is 12.8 Å². The highest BCUT2D eigenvalue weighted by molar-refractivity contribution is 6.30. The Kier molecular flexibility index (Phi) is 4.24. The SMILES string of the molecule is C[C@H]1[C@H](C)CCC[C@@H]1NC(=O)[C@H](C)Cl. The lowest BCUT2D eigenvalue weighted by Crippen LogP contribution is -2.45. The number of alkyl halides is 1. The predicted octanol–water partition coefficient (Wildman–Crippen LogP) is 2.55. The van der Waals surface area contributed by atoms with Crippen molar-refractivity contribution in [3.8, 4) is 0 Å². The van der Waals surface area contributed by atoms with E-state index < -0.39 is 5.38 Å². The van der Waals surface area contributed by atoms with Crippen LogP contribution < -0.4 is 5.32 Å². The third-order valence-corrected chi connectivity index (χ3v) is 3.59. The summed E-state index contributed by atoms with van der Waals surface area (Å²) < 4.78 is 0. The fourth-order valence-electron chi connectivity index (χ4n) is 2.08. The van der Waals surface area contributed by atoms with Gasteiger partial charge in [-0.15, -0.1) is 11.6 Å². The Bertz CT molecular complexity index is 205. The van der Waals surface area contributed by atoms with Gasteiger partial charge in [0.05, 0.1) is 0 Å². The van der Waals surface area contributed by atoms with Gasteiger partial charge in [0.25, 0.3) is 0 Å². The van der Waals surface area contributed by atoms with Crippen LogP contribution in [0.3, 0.4) is 0 Å². The van der Waals surface area contributed by atoms with E-state index in [9.17, 15) is 4.79 Å². The number of rotatable bonds is 2. The first-order valence-corrected chi connectivity index (χ1v) is 5.90. The zero-order valence-electron chi connectivity index (χ0n) is 9.22. The van der Waals surface area contributed by atoms with Crippen molar-refractivity contribution >= 4 is 17.5 Å². The molecule has 3 heteroatoms. The Morgan fingerprint density at radius 1 is 1.43 bits per heavy atom. The van der Waals surface area contributed by atoms with Crippen LogP contribution in [0.2, 0.25) is 0 Å². The Morgan fingerprint density at radius 3 is 2.64 bits per heavy atom. The van der Waals surface area contributed by atoms with E-state index in [2.05, 4.69) is 19.2 Å². The molecule has 14 heavy (non-hydrogen) atoms. The fourth-order valence-corrected chi connectivity index (χ4v) is 2.15. The number of nitrogens with one attached hydrogen (secondary N) is 1. The van der Waals surface area contributed by atoms with Crippen LogP contribution in [-0.4, -0.2) is 17.3 Å². The van der Waals surface area contributed by atoms with Crippen molar-refractivity contribution in [1.82, 2.24) is 5.32 Å². The summed E-state index contributed by atoms with van der Waals surface area (Å²) in [4.78, 5) is 11.4. The largest absolute Gasteiger partial charge is 0.352 e. The van der Waals surface area contributed by atoms with Crippen LogP contribution in [0.4, 0.5) is 0 Å². The van der Waals surface area contributed by atoms with Crippen LogP contribution in [0.25, 0.3) is 0 Å². The summed E-state index contributed by atoms with van der Waals surface area (Å²) in [5, 5.41) is 2.61. The second kappa shape index (κ2) is 5.01. The molecule has 0 aromatic carbocycles. The molecule has 1 saturated carbocycles. The number of amides is 1. The van der Waals surface area contributed by atoms with Crippen molar-refractivity contribution in [2.45, 2.75) is 51.5 Å². The molecule has 1 aliphatic rings. The minimum Gasteiger partial charge on any atom is -0.352 e. The number of carbonyl (C=O) groups is 1. The summed E-state index contributed by atoms with van der Waals surface area (Å²) in [7, 11) is 0. The maximum Gasteiger partial charge on any atom is 0.237 e. The van der Waals surface area contributed by atoms with Gasteiger partial charge in [0.15, 0.2) is 0 Å². The highest BCUT2D eigenvalue weighted by Crippen LogP contribution is 2.29. The molecule has 1 N–H and O–H groups in total. The van der Waals surface area contributed by atoms with Crippen molar-refractivity contribution in [1.29, 1.82) is 0 Å². The Morgan fingerprint density at radius 2 is 2.07 bits per heavy atom. The van der Waals surface area contributed by atoms with Gasteiger partial charge in [-0.25, -0.2) is 0 Å². The molecule has 0 spiro atoms. The van der Waals surface area contributed by atoms with Gasteiger partial charge in [-0.3, -0.25) is 4.79 Å². The quantitative estimate of drug-likeness (QED) is 0.708. The normalized spacial score (nSPS) is 35.0. The second-order valence-corrected chi connectivity index (χ2v) is 5.15. The zero-order valence-corrected chi connectivity index (χ0v) is 9.97. The lowest BCUT2D eigenvalue weighted by molar-refractivity contribution is -0.121. The lowest BCUT2D eigenvalue weighted by Gasteiger charge is -2.34. The van der Waals surface area contributed by atoms with Gasteiger partial charge < -0.3 is 5.32 Å². The van der Waals surface area contributed by atoms with Gasteiger partial charge in [-0.1, -0.05) is 26.7 Å². The molecule has 1 rings (SSSR count). The maximum atomic E-state index is 11.4. The molecule has 0 aliphatic heterocycles. The third kappa shape index (κ3) is 2.88. The van der Waals surface area contributed by atoms with Crippen LogP contribution in [0.1, 0.15) is 40.0 Å². The molecule has 0 heterocycles. The van der Waals surface area contributed by atoms with Gasteiger partial charge in [-0.2, -0.15) is 0 Å². The van der Waals surface area contributed by atoms with Crippen molar-refractivity contribution < 1.29 is 4.79 Å². The molecule has 2 nitrogen and oxygen atoms in total. The van der Waals surface area contributed by atoms with E-state index >= 15 is 0 Å². The monoisotopic (exact) mass is 217 g/mol. The molecular formula is C11H20ClNO. The molecule has 1 amide bonds. The van der Waals surface area contributed by atoms with Gasteiger partial charge in [0, 0.05) is 6.04 Å². The summed E-state index contributed by atoms with van der Waals surface area (Å²) in [6, 6.07) is 0.326. The number of carbonyl (C=O) groups excluding carboxylic acids is 1. The highest BCUT2D eigenvalue weighted by atomic mass is 35.5. The molecule has 0 aromatic heterocycles. The molecule has 1 aliphatic carbocycles. The highest BCUT2D eigenvalue weighted by Gasteiger charge is 2.28. The van der Waals surface area contributed by atoms with Crippen molar-refractivity contribution in [2.24, 2.45) is 11.8 Å². The van der Waals surface area contributed by atoms with Crippen LogP contribution in [-0.2, 0) is 4.79 Å². The van der Waals surface area contributed by atoms with Crippen LogP contribution in [0.15, 0.2) is 0 Å². The summed E-state index contributed by atoms with van der Waals surface area (Å²) >= 11 is 5.72. The smallest absolute Gasteiger partial charge is 0.237 e. The van der Waals surface area contributed by atoms with E-state index in [0.29, 0.717) is 17.9 Å². The minimum atomic E-state index is -0.417. The summed E-state index contributed by atoms with van der Waals surface area (Å²) in [5.74, 6) is 1.25. The van der Waals surface area contributed by atoms with Crippen LogP contribution in [0, 0.1) is 11.8 Å². The summed E-state index contributed by atoms with van der Waals surface area (Å²) in [5.41, 5.74) is 0. The summed E-state index contributed by atoms with van der Waals surface area (Å²) in [6.07, 6.45) is 3.60. The first kappa shape index (κ1) is 11.8. The molecule has 1 fully saturated rings. The molecule has 0 unspecified atom stereocenters. The lowest BCUT2D eigenvalue weighted by atomic mass is 9.78. The minimum absolute atomic E-state index is 0.0300. The van der Waals surface area contributed by atoms with Gasteiger partial charge in [0.2, 0.25) is 5.91 Å². The fraction of sp³-hybridized carbons (Fsp3) is 0.909. The van der Waals surface area contributed by atoms with Crippen molar-refractivity contribution in [2.75, 3.05) is 0 Å². The molecule has 0 radical (unpaired) electrons. The van der Waals surface area contributed by atoms with Crippen molar-refractivity contribution in [3.05, 3.63) is 0 Å². The number of hydrogen-bond donors (Lipinski definition) is 1. The zero-order chi connectivity index (χ0) is 10.7. The number of halogens is 1. The third-order valence-electron chi connectivity index (χ3n) is 3.40. The van der Waals surface area contributed by atoms with Crippen molar-refractivity contribution in [3.63, 3.8) is 0 Å². The second-order valence-electron chi connectivity index (χ2n) is 4.50. The molecule has 0 aromatic rings. The van der Waals surface area contributed by atoms with E-state index in [0.717, 1.165) is 6.42 Å². The van der Waals surface area contributed by atoms with Crippen LogP contribution in [0.5, 0.6) is 0 Å². The Labute approximate surface area is 91.4 Å². The van der Waals surface area contributed by atoms with Gasteiger partial charge in [-0.05, 0) is 25.2 Å². The summed E-state index contributed by atoms with van der Waals surface area (Å²) in [6.45, 7) is 6.19. The first-order valence-electron chi connectivity index (χ1n) is 5.46.